The summed E-state index contributed by atoms with van der Waals surface area (Å²) >= 11 is 0. The second kappa shape index (κ2) is 3.38. The van der Waals surface area contributed by atoms with Crippen LogP contribution in [0.15, 0.2) is 11.1 Å². The molecule has 0 aliphatic carbocycles. The van der Waals surface area contributed by atoms with Gasteiger partial charge in [0.2, 0.25) is 0 Å². The minimum Gasteiger partial charge on any atom is -0.481 e. The Morgan fingerprint density at radius 3 is 2.83 bits per heavy atom. The molecule has 0 unspecified atom stereocenters. The fraction of sp³-hybridized carbons (Fsp3) is 0.500. The van der Waals surface area contributed by atoms with Crippen LogP contribution < -0.4 is 0 Å². The Labute approximate surface area is 69.8 Å². The maximum atomic E-state index is 10.9. The molecule has 1 aliphatic rings. The number of aliphatic carboxylic acids is 1. The number of carbonyl (C=O) groups is 2. The van der Waals surface area contributed by atoms with Crippen LogP contribution in [-0.2, 0) is 14.3 Å². The number of cyclic esters (lactones) is 1. The van der Waals surface area contributed by atoms with Gasteiger partial charge in [-0.3, -0.25) is 4.79 Å². The highest BCUT2D eigenvalue weighted by molar-refractivity contribution is 5.92. The quantitative estimate of drug-likeness (QED) is 0.634. The second-order valence-electron chi connectivity index (χ2n) is 2.58. The average Bonchev–Trinajstić information content (AvgIpc) is 2.30. The lowest BCUT2D eigenvalue weighted by Gasteiger charge is -1.95. The maximum Gasteiger partial charge on any atom is 0.334 e. The Bertz CT molecular complexity index is 252. The molecule has 0 spiro atoms. The highest BCUT2D eigenvalue weighted by Crippen LogP contribution is 2.21. The van der Waals surface area contributed by atoms with Crippen LogP contribution in [0.1, 0.15) is 19.8 Å². The molecule has 0 fully saturated rings. The van der Waals surface area contributed by atoms with Gasteiger partial charge in [0.05, 0.1) is 6.42 Å². The highest BCUT2D eigenvalue weighted by atomic mass is 16.5. The maximum absolute atomic E-state index is 10.9. The number of hydrogen-bond acceptors (Lipinski definition) is 3. The van der Waals surface area contributed by atoms with Crippen LogP contribution in [0, 0.1) is 0 Å². The number of carbonyl (C=O) groups excluding carboxylic acids is 1. The van der Waals surface area contributed by atoms with Gasteiger partial charge in [0.1, 0.15) is 6.61 Å². The van der Waals surface area contributed by atoms with Gasteiger partial charge in [-0.05, 0) is 12.0 Å². The molecule has 0 amide bonds. The van der Waals surface area contributed by atoms with Crippen LogP contribution in [0.4, 0.5) is 0 Å². The molecular weight excluding hydrogens is 160 g/mol. The van der Waals surface area contributed by atoms with Crippen LogP contribution in [0.25, 0.3) is 0 Å². The van der Waals surface area contributed by atoms with Crippen molar-refractivity contribution in [2.24, 2.45) is 0 Å². The molecule has 1 N–H and O–H groups in total. The largest absolute Gasteiger partial charge is 0.481 e. The van der Waals surface area contributed by atoms with Gasteiger partial charge in [-0.25, -0.2) is 4.79 Å². The summed E-state index contributed by atoms with van der Waals surface area (Å²) in [5.74, 6) is -1.29. The van der Waals surface area contributed by atoms with Crippen LogP contribution in [-0.4, -0.2) is 23.7 Å². The minimum absolute atomic E-state index is 0.0884. The summed E-state index contributed by atoms with van der Waals surface area (Å²) < 4.78 is 4.69. The van der Waals surface area contributed by atoms with Gasteiger partial charge in [-0.2, -0.15) is 0 Å². The molecule has 4 heteroatoms. The lowest BCUT2D eigenvalue weighted by molar-refractivity contribution is -0.138. The number of rotatable bonds is 3. The Morgan fingerprint density at radius 1 is 1.67 bits per heavy atom. The summed E-state index contributed by atoms with van der Waals surface area (Å²) in [5.41, 5.74) is 1.13. The van der Waals surface area contributed by atoms with Gasteiger partial charge in [0.15, 0.2) is 0 Å². The van der Waals surface area contributed by atoms with Crippen molar-refractivity contribution in [3.8, 4) is 0 Å². The number of ether oxygens (including phenoxy) is 1. The molecule has 4 nitrogen and oxygen atoms in total. The predicted molar refractivity (Wildman–Crippen MR) is 40.5 cm³/mol. The first-order chi connectivity index (χ1) is 5.65. The summed E-state index contributed by atoms with van der Waals surface area (Å²) in [4.78, 5) is 21.2. The molecular formula is C8H10O4. The van der Waals surface area contributed by atoms with Crippen molar-refractivity contribution in [1.82, 2.24) is 0 Å². The Hall–Kier alpha value is -1.32. The standard InChI is InChI=1S/C8H10O4/c1-2-6-5(3-7(9)10)4-12-8(6)11/h2-4H2,1H3,(H,9,10). The van der Waals surface area contributed by atoms with Gasteiger partial charge in [-0.15, -0.1) is 0 Å². The fourth-order valence-corrected chi connectivity index (χ4v) is 1.21. The van der Waals surface area contributed by atoms with Gasteiger partial charge in [0.25, 0.3) is 0 Å². The van der Waals surface area contributed by atoms with Crippen molar-refractivity contribution in [3.05, 3.63) is 11.1 Å². The predicted octanol–water partition coefficient (Wildman–Crippen LogP) is 0.725. The number of hydrogen-bond donors (Lipinski definition) is 1. The van der Waals surface area contributed by atoms with Crippen LogP contribution >= 0.6 is 0 Å². The van der Waals surface area contributed by atoms with Gasteiger partial charge >= 0.3 is 11.9 Å². The molecule has 0 aromatic carbocycles. The fourth-order valence-electron chi connectivity index (χ4n) is 1.21. The topological polar surface area (TPSA) is 63.6 Å². The third kappa shape index (κ3) is 1.64. The lowest BCUT2D eigenvalue weighted by atomic mass is 10.1. The summed E-state index contributed by atoms with van der Waals surface area (Å²) in [6, 6.07) is 0. The first kappa shape index (κ1) is 8.77. The van der Waals surface area contributed by atoms with Crippen molar-refractivity contribution in [2.75, 3.05) is 6.61 Å². The molecule has 66 valence electrons. The van der Waals surface area contributed by atoms with E-state index in [1.54, 1.807) is 0 Å². The Balaban J connectivity index is 2.78. The molecule has 0 radical (unpaired) electrons. The summed E-state index contributed by atoms with van der Waals surface area (Å²) in [5, 5.41) is 8.47. The molecule has 0 aromatic heterocycles. The normalized spacial score (nSPS) is 16.6. The zero-order chi connectivity index (χ0) is 9.14. The van der Waals surface area contributed by atoms with E-state index >= 15 is 0 Å². The second-order valence-corrected chi connectivity index (χ2v) is 2.58. The monoisotopic (exact) mass is 170 g/mol. The molecule has 0 saturated heterocycles. The summed E-state index contributed by atoms with van der Waals surface area (Å²) in [7, 11) is 0. The van der Waals surface area contributed by atoms with E-state index in [4.69, 9.17) is 9.84 Å². The van der Waals surface area contributed by atoms with Crippen molar-refractivity contribution in [3.63, 3.8) is 0 Å². The zero-order valence-electron chi connectivity index (χ0n) is 6.79. The Kier molecular flexibility index (Phi) is 2.47. The molecule has 0 bridgehead atoms. The van der Waals surface area contributed by atoms with Crippen molar-refractivity contribution < 1.29 is 19.4 Å². The minimum atomic E-state index is -0.922. The van der Waals surface area contributed by atoms with E-state index in [1.165, 1.54) is 0 Å². The van der Waals surface area contributed by atoms with Gasteiger partial charge in [-0.1, -0.05) is 6.92 Å². The lowest BCUT2D eigenvalue weighted by Crippen LogP contribution is -2.00. The van der Waals surface area contributed by atoms with E-state index in [-0.39, 0.29) is 19.0 Å². The highest BCUT2D eigenvalue weighted by Gasteiger charge is 2.24. The van der Waals surface area contributed by atoms with E-state index in [0.29, 0.717) is 17.6 Å². The van der Waals surface area contributed by atoms with Gasteiger partial charge in [0, 0.05) is 5.57 Å². The molecule has 12 heavy (non-hydrogen) atoms. The number of carboxylic acid groups (broad SMARTS) is 1. The first-order valence-corrected chi connectivity index (χ1v) is 3.75. The third-order valence-electron chi connectivity index (χ3n) is 1.77. The number of carboxylic acids is 1. The molecule has 0 aromatic rings. The van der Waals surface area contributed by atoms with E-state index < -0.39 is 5.97 Å². The SMILES string of the molecule is CCC1=C(CC(=O)O)COC1=O. The van der Waals surface area contributed by atoms with E-state index in [9.17, 15) is 9.59 Å². The molecule has 0 saturated carbocycles. The van der Waals surface area contributed by atoms with Gasteiger partial charge < -0.3 is 9.84 Å². The van der Waals surface area contributed by atoms with E-state index in [0.717, 1.165) is 0 Å². The molecule has 1 aliphatic heterocycles. The Morgan fingerprint density at radius 2 is 2.33 bits per heavy atom. The van der Waals surface area contributed by atoms with E-state index in [1.807, 2.05) is 6.92 Å². The van der Waals surface area contributed by atoms with Crippen LogP contribution in [0.5, 0.6) is 0 Å². The first-order valence-electron chi connectivity index (χ1n) is 3.75. The summed E-state index contributed by atoms with van der Waals surface area (Å²) in [6.07, 6.45) is 0.455. The van der Waals surface area contributed by atoms with Crippen LogP contribution in [0.3, 0.4) is 0 Å². The third-order valence-corrected chi connectivity index (χ3v) is 1.77. The van der Waals surface area contributed by atoms with E-state index in [2.05, 4.69) is 0 Å². The van der Waals surface area contributed by atoms with Crippen molar-refractivity contribution in [2.45, 2.75) is 19.8 Å². The van der Waals surface area contributed by atoms with Crippen LogP contribution in [0.2, 0.25) is 0 Å². The zero-order valence-corrected chi connectivity index (χ0v) is 6.79. The smallest absolute Gasteiger partial charge is 0.334 e. The van der Waals surface area contributed by atoms with Crippen molar-refractivity contribution >= 4 is 11.9 Å². The van der Waals surface area contributed by atoms with Crippen molar-refractivity contribution in [1.29, 1.82) is 0 Å². The number of esters is 1. The average molecular weight is 170 g/mol. The summed E-state index contributed by atoms with van der Waals surface area (Å²) in [6.45, 7) is 1.96. The molecule has 1 heterocycles. The molecule has 1 rings (SSSR count). The molecule has 0 atom stereocenters.